The van der Waals surface area contributed by atoms with E-state index in [0.29, 0.717) is 17.5 Å². The molecule has 0 unspecified atom stereocenters. The normalized spacial score (nSPS) is 16.8. The summed E-state index contributed by atoms with van der Waals surface area (Å²) in [5, 5.41) is 0.483. The molecule has 0 radical (unpaired) electrons. The molecule has 0 bridgehead atoms. The van der Waals surface area contributed by atoms with Gasteiger partial charge in [-0.1, -0.05) is 24.3 Å². The van der Waals surface area contributed by atoms with E-state index >= 15 is 0 Å². The van der Waals surface area contributed by atoms with Gasteiger partial charge in [-0.05, 0) is 42.7 Å². The number of likely N-dealkylation sites (tertiary alicyclic amines) is 1. The lowest BCUT2D eigenvalue weighted by atomic mass is 10.0. The van der Waals surface area contributed by atoms with Crippen LogP contribution in [0.15, 0.2) is 63.8 Å². The number of fused-ring (bicyclic) bond motifs is 1. The first kappa shape index (κ1) is 16.4. The summed E-state index contributed by atoms with van der Waals surface area (Å²) in [5.74, 6) is 0.630. The van der Waals surface area contributed by atoms with Crippen LogP contribution in [-0.2, 0) is 0 Å². The zero-order valence-electron chi connectivity index (χ0n) is 14.5. The van der Waals surface area contributed by atoms with Gasteiger partial charge in [0.15, 0.2) is 11.2 Å². The maximum Gasteiger partial charge on any atom is 0.290 e. The molecule has 0 N–H and O–H groups in total. The Balaban J connectivity index is 1.67. The number of benzene rings is 2. The highest BCUT2D eigenvalue weighted by molar-refractivity contribution is 5.93. The van der Waals surface area contributed by atoms with Crippen molar-refractivity contribution in [2.45, 2.75) is 18.9 Å². The van der Waals surface area contributed by atoms with Gasteiger partial charge in [0.2, 0.25) is 0 Å². The number of hydrogen-bond donors (Lipinski definition) is 0. The van der Waals surface area contributed by atoms with Crippen LogP contribution in [0.5, 0.6) is 5.75 Å². The van der Waals surface area contributed by atoms with Crippen molar-refractivity contribution in [2.24, 2.45) is 0 Å². The van der Waals surface area contributed by atoms with Gasteiger partial charge in [0, 0.05) is 12.6 Å². The lowest BCUT2D eigenvalue weighted by molar-refractivity contribution is 0.0704. The minimum Gasteiger partial charge on any atom is -0.497 e. The molecule has 0 spiro atoms. The van der Waals surface area contributed by atoms with Crippen LogP contribution in [-0.4, -0.2) is 24.5 Å². The Bertz CT molecular complexity index is 1010. The largest absolute Gasteiger partial charge is 0.497 e. The van der Waals surface area contributed by atoms with E-state index in [0.717, 1.165) is 24.2 Å². The van der Waals surface area contributed by atoms with E-state index in [4.69, 9.17) is 9.15 Å². The first-order valence-electron chi connectivity index (χ1n) is 8.65. The summed E-state index contributed by atoms with van der Waals surface area (Å²) in [5.41, 5.74) is 1.29. The Kier molecular flexibility index (Phi) is 4.21. The molecule has 1 atom stereocenters. The average Bonchev–Trinajstić information content (AvgIpc) is 3.17. The summed E-state index contributed by atoms with van der Waals surface area (Å²) in [6.45, 7) is 0.645. The maximum atomic E-state index is 13.0. The standard InChI is InChI=1S/C21H19NO4/c1-25-15-10-8-14(9-11-15)17-6-4-12-22(17)21(24)20-13-18(23)16-5-2-3-7-19(16)26-20/h2-3,5,7-11,13,17H,4,6,12H2,1H3/t17-/m0/s1. The number of carbonyl (C=O) groups excluding carboxylic acids is 1. The van der Waals surface area contributed by atoms with Gasteiger partial charge in [-0.2, -0.15) is 0 Å². The zero-order chi connectivity index (χ0) is 18.1. The number of methoxy groups -OCH3 is 1. The Morgan fingerprint density at radius 1 is 1.15 bits per heavy atom. The fourth-order valence-corrected chi connectivity index (χ4v) is 3.53. The minimum absolute atomic E-state index is 0.0230. The van der Waals surface area contributed by atoms with Crippen molar-refractivity contribution in [3.63, 3.8) is 0 Å². The van der Waals surface area contributed by atoms with Gasteiger partial charge < -0.3 is 14.1 Å². The summed E-state index contributed by atoms with van der Waals surface area (Å²) in [7, 11) is 1.63. The summed E-state index contributed by atoms with van der Waals surface area (Å²) in [4.78, 5) is 27.1. The number of amides is 1. The highest BCUT2D eigenvalue weighted by Gasteiger charge is 2.32. The second-order valence-corrected chi connectivity index (χ2v) is 6.40. The van der Waals surface area contributed by atoms with Gasteiger partial charge in [-0.3, -0.25) is 9.59 Å². The average molecular weight is 349 g/mol. The van der Waals surface area contributed by atoms with Gasteiger partial charge >= 0.3 is 0 Å². The molecule has 1 aliphatic heterocycles. The molecule has 1 fully saturated rings. The van der Waals surface area contributed by atoms with Crippen molar-refractivity contribution in [1.82, 2.24) is 4.90 Å². The number of hydrogen-bond acceptors (Lipinski definition) is 4. The van der Waals surface area contributed by atoms with Crippen LogP contribution in [0, 0.1) is 0 Å². The van der Waals surface area contributed by atoms with E-state index in [2.05, 4.69) is 0 Å². The quantitative estimate of drug-likeness (QED) is 0.722. The fraction of sp³-hybridized carbons (Fsp3) is 0.238. The van der Waals surface area contributed by atoms with Crippen molar-refractivity contribution >= 4 is 16.9 Å². The summed E-state index contributed by atoms with van der Waals surface area (Å²) in [6, 6.07) is 16.0. The third kappa shape index (κ3) is 2.86. The predicted molar refractivity (Wildman–Crippen MR) is 98.5 cm³/mol. The summed E-state index contributed by atoms with van der Waals surface area (Å²) < 4.78 is 10.9. The molecule has 0 saturated carbocycles. The van der Waals surface area contributed by atoms with Crippen molar-refractivity contribution in [3.05, 3.63) is 76.1 Å². The predicted octanol–water partition coefficient (Wildman–Crippen LogP) is 3.78. The molecule has 2 heterocycles. The summed E-state index contributed by atoms with van der Waals surface area (Å²) >= 11 is 0. The molecule has 1 amide bonds. The number of ether oxygens (including phenoxy) is 1. The Hall–Kier alpha value is -3.08. The van der Waals surface area contributed by atoms with Crippen LogP contribution >= 0.6 is 0 Å². The van der Waals surface area contributed by atoms with Crippen LogP contribution in [0.25, 0.3) is 11.0 Å². The molecule has 4 rings (SSSR count). The van der Waals surface area contributed by atoms with Crippen molar-refractivity contribution in [1.29, 1.82) is 0 Å². The molecular weight excluding hydrogens is 330 g/mol. The van der Waals surface area contributed by atoms with Gasteiger partial charge in [-0.15, -0.1) is 0 Å². The molecule has 1 saturated heterocycles. The van der Waals surface area contributed by atoms with Gasteiger partial charge in [-0.25, -0.2) is 0 Å². The monoisotopic (exact) mass is 349 g/mol. The molecule has 0 aliphatic carbocycles. The molecule has 1 aliphatic rings. The molecule has 2 aromatic carbocycles. The second-order valence-electron chi connectivity index (χ2n) is 6.40. The highest BCUT2D eigenvalue weighted by atomic mass is 16.5. The van der Waals surface area contributed by atoms with Crippen molar-refractivity contribution in [3.8, 4) is 5.75 Å². The third-order valence-corrected chi connectivity index (χ3v) is 4.86. The highest BCUT2D eigenvalue weighted by Crippen LogP contribution is 2.34. The van der Waals surface area contributed by atoms with Crippen LogP contribution in [0.4, 0.5) is 0 Å². The molecule has 26 heavy (non-hydrogen) atoms. The van der Waals surface area contributed by atoms with Crippen molar-refractivity contribution < 1.29 is 13.9 Å². The minimum atomic E-state index is -0.244. The molecule has 5 nitrogen and oxygen atoms in total. The maximum absolute atomic E-state index is 13.0. The van der Waals surface area contributed by atoms with Gasteiger partial charge in [0.05, 0.1) is 18.5 Å². The SMILES string of the molecule is COc1ccc([C@@H]2CCCN2C(=O)c2cc(=O)c3ccccc3o2)cc1. The molecule has 1 aromatic heterocycles. The Morgan fingerprint density at radius 3 is 2.69 bits per heavy atom. The summed E-state index contributed by atoms with van der Waals surface area (Å²) in [6.07, 6.45) is 1.80. The topological polar surface area (TPSA) is 59.8 Å². The van der Waals surface area contributed by atoms with E-state index in [1.165, 1.54) is 6.07 Å². The van der Waals surface area contributed by atoms with E-state index in [1.807, 2.05) is 24.3 Å². The van der Waals surface area contributed by atoms with E-state index in [-0.39, 0.29) is 23.1 Å². The lowest BCUT2D eigenvalue weighted by Gasteiger charge is -2.24. The second kappa shape index (κ2) is 6.67. The molecule has 132 valence electrons. The van der Waals surface area contributed by atoms with E-state index in [9.17, 15) is 9.59 Å². The number of carbonyl (C=O) groups is 1. The third-order valence-electron chi connectivity index (χ3n) is 4.86. The first-order valence-corrected chi connectivity index (χ1v) is 8.65. The molecule has 5 heteroatoms. The van der Waals surface area contributed by atoms with E-state index < -0.39 is 0 Å². The molecule has 3 aromatic rings. The fourth-order valence-electron chi connectivity index (χ4n) is 3.53. The number of nitrogens with zero attached hydrogens (tertiary/aromatic N) is 1. The molecular formula is C21H19NO4. The Labute approximate surface area is 150 Å². The van der Waals surface area contributed by atoms with Gasteiger partial charge in [0.1, 0.15) is 11.3 Å². The van der Waals surface area contributed by atoms with Gasteiger partial charge in [0.25, 0.3) is 5.91 Å². The van der Waals surface area contributed by atoms with Crippen molar-refractivity contribution in [2.75, 3.05) is 13.7 Å². The van der Waals surface area contributed by atoms with Crippen LogP contribution < -0.4 is 10.2 Å². The van der Waals surface area contributed by atoms with E-state index in [1.54, 1.807) is 36.3 Å². The van der Waals surface area contributed by atoms with Crippen LogP contribution in [0.2, 0.25) is 0 Å². The van der Waals surface area contributed by atoms with Crippen LogP contribution in [0.1, 0.15) is 35.0 Å². The van der Waals surface area contributed by atoms with Crippen LogP contribution in [0.3, 0.4) is 0 Å². The zero-order valence-corrected chi connectivity index (χ0v) is 14.5. The number of rotatable bonds is 3. The lowest BCUT2D eigenvalue weighted by Crippen LogP contribution is -2.31. The Morgan fingerprint density at radius 2 is 1.92 bits per heavy atom. The smallest absolute Gasteiger partial charge is 0.290 e. The first-order chi connectivity index (χ1) is 12.7. The number of para-hydroxylation sites is 1.